The highest BCUT2D eigenvalue weighted by Crippen LogP contribution is 2.17. The Balaban J connectivity index is 1.91. The number of alkyl carbamates (subject to hydrolysis) is 1. The van der Waals surface area contributed by atoms with Gasteiger partial charge in [-0.1, -0.05) is 30.3 Å². The summed E-state index contributed by atoms with van der Waals surface area (Å²) in [4.78, 5) is 34.8. The van der Waals surface area contributed by atoms with Gasteiger partial charge in [-0.2, -0.15) is 5.10 Å². The average Bonchev–Trinajstić information content (AvgIpc) is 2.73. The van der Waals surface area contributed by atoms with Crippen LogP contribution in [0, 0.1) is 0 Å². The van der Waals surface area contributed by atoms with Gasteiger partial charge in [-0.05, 0) is 42.3 Å². The van der Waals surface area contributed by atoms with Gasteiger partial charge < -0.3 is 20.5 Å². The minimum atomic E-state index is -0.596. The van der Waals surface area contributed by atoms with Crippen molar-refractivity contribution in [3.63, 3.8) is 0 Å². The molecule has 0 saturated heterocycles. The molecule has 0 aliphatic rings. The van der Waals surface area contributed by atoms with Gasteiger partial charge in [-0.15, -0.1) is 0 Å². The van der Waals surface area contributed by atoms with Crippen molar-refractivity contribution in [1.29, 1.82) is 0 Å². The molecule has 9 heteroatoms. The second kappa shape index (κ2) is 11.8. The summed E-state index contributed by atoms with van der Waals surface area (Å²) in [6.45, 7) is 1.73. The quantitative estimate of drug-likeness (QED) is 0.405. The van der Waals surface area contributed by atoms with E-state index in [0.717, 1.165) is 5.56 Å². The van der Waals surface area contributed by atoms with Crippen molar-refractivity contribution in [2.24, 2.45) is 10.8 Å². The molecule has 2 aromatic rings. The van der Waals surface area contributed by atoms with Crippen molar-refractivity contribution in [1.82, 2.24) is 10.7 Å². The molecule has 0 radical (unpaired) electrons. The molecule has 0 saturated carbocycles. The Morgan fingerprint density at radius 1 is 1.10 bits per heavy atom. The van der Waals surface area contributed by atoms with Gasteiger partial charge in [0.25, 0.3) is 5.91 Å². The first-order chi connectivity index (χ1) is 14.5. The molecule has 0 spiro atoms. The Bertz CT molecular complexity index is 869. The fourth-order valence-electron chi connectivity index (χ4n) is 2.47. The van der Waals surface area contributed by atoms with Gasteiger partial charge in [0.1, 0.15) is 5.75 Å². The molecule has 0 aliphatic carbocycles. The van der Waals surface area contributed by atoms with Crippen LogP contribution in [0.5, 0.6) is 5.75 Å². The number of ether oxygens (including phenoxy) is 2. The van der Waals surface area contributed by atoms with Gasteiger partial charge in [0.05, 0.1) is 25.3 Å². The summed E-state index contributed by atoms with van der Waals surface area (Å²) in [7, 11) is 0. The van der Waals surface area contributed by atoms with Gasteiger partial charge in [0.2, 0.25) is 5.91 Å². The van der Waals surface area contributed by atoms with Crippen molar-refractivity contribution >= 4 is 24.1 Å². The van der Waals surface area contributed by atoms with Crippen molar-refractivity contribution in [3.8, 4) is 5.75 Å². The van der Waals surface area contributed by atoms with Gasteiger partial charge in [-0.25, -0.2) is 10.2 Å². The van der Waals surface area contributed by atoms with Gasteiger partial charge in [-0.3, -0.25) is 9.59 Å². The number of nitrogens with zero attached hydrogens (tertiary/aromatic N) is 1. The molecule has 2 aromatic carbocycles. The molecular weight excluding hydrogens is 388 g/mol. The number of rotatable bonds is 10. The lowest BCUT2D eigenvalue weighted by Gasteiger charge is -2.18. The topological polar surface area (TPSA) is 132 Å². The summed E-state index contributed by atoms with van der Waals surface area (Å²) < 4.78 is 10.1. The number of carbonyl (C=O) groups excluding carboxylic acids is 3. The minimum Gasteiger partial charge on any atom is -0.484 e. The van der Waals surface area contributed by atoms with Crippen LogP contribution in [0.2, 0.25) is 0 Å². The molecule has 4 N–H and O–H groups in total. The van der Waals surface area contributed by atoms with Crippen LogP contribution in [-0.2, 0) is 14.3 Å². The molecule has 9 nitrogen and oxygen atoms in total. The standard InChI is InChI=1S/C21H24N4O5/c1-2-29-21(28)24-18(16-6-4-3-5-7-16)12-20(27)25-23-13-15-8-10-17(11-9-15)30-14-19(22)26/h3-11,13,18H,2,12,14H2,1H3,(H2,22,26)(H,24,28)(H,25,27)/b23-13-/t18-/m1/s1. The SMILES string of the molecule is CCOC(=O)N[C@H](CC(=O)N/N=C\c1ccc(OCC(N)=O)cc1)c1ccccc1. The molecule has 3 amide bonds. The van der Waals surface area contributed by atoms with E-state index in [-0.39, 0.29) is 25.5 Å². The monoisotopic (exact) mass is 412 g/mol. The molecule has 2 rings (SSSR count). The van der Waals surface area contributed by atoms with Crippen LogP contribution < -0.4 is 21.2 Å². The van der Waals surface area contributed by atoms with Crippen LogP contribution >= 0.6 is 0 Å². The maximum Gasteiger partial charge on any atom is 0.407 e. The zero-order valence-electron chi connectivity index (χ0n) is 16.5. The number of carbonyl (C=O) groups is 3. The summed E-state index contributed by atoms with van der Waals surface area (Å²) in [5, 5.41) is 6.60. The number of hydrogen-bond donors (Lipinski definition) is 3. The van der Waals surface area contributed by atoms with Gasteiger partial charge in [0, 0.05) is 0 Å². The number of hydrazone groups is 1. The van der Waals surface area contributed by atoms with E-state index in [1.165, 1.54) is 6.21 Å². The Kier molecular flexibility index (Phi) is 8.85. The second-order valence-corrected chi connectivity index (χ2v) is 6.15. The molecule has 0 aliphatic heterocycles. The van der Waals surface area contributed by atoms with Crippen LogP contribution in [0.15, 0.2) is 59.7 Å². The molecule has 0 aromatic heterocycles. The zero-order chi connectivity index (χ0) is 21.8. The Morgan fingerprint density at radius 2 is 1.80 bits per heavy atom. The first-order valence-corrected chi connectivity index (χ1v) is 9.29. The summed E-state index contributed by atoms with van der Waals surface area (Å²) in [5.41, 5.74) is 8.95. The molecule has 0 heterocycles. The molecule has 0 unspecified atom stereocenters. The predicted octanol–water partition coefficient (Wildman–Crippen LogP) is 1.88. The third-order valence-corrected chi connectivity index (χ3v) is 3.82. The summed E-state index contributed by atoms with van der Waals surface area (Å²) in [5.74, 6) is -0.446. The smallest absolute Gasteiger partial charge is 0.407 e. The van der Waals surface area contributed by atoms with E-state index in [1.54, 1.807) is 31.2 Å². The van der Waals surface area contributed by atoms with Crippen LogP contribution in [0.3, 0.4) is 0 Å². The zero-order valence-corrected chi connectivity index (χ0v) is 16.5. The van der Waals surface area contributed by atoms with Gasteiger partial charge >= 0.3 is 6.09 Å². The first kappa shape index (κ1) is 22.4. The average molecular weight is 412 g/mol. The Morgan fingerprint density at radius 3 is 2.43 bits per heavy atom. The van der Waals surface area contributed by atoms with Crippen LogP contribution in [-0.4, -0.2) is 37.3 Å². The number of nitrogens with two attached hydrogens (primary N) is 1. The molecule has 30 heavy (non-hydrogen) atoms. The predicted molar refractivity (Wildman–Crippen MR) is 111 cm³/mol. The number of primary amides is 1. The maximum absolute atomic E-state index is 12.3. The van der Waals surface area contributed by atoms with E-state index in [4.69, 9.17) is 15.2 Å². The van der Waals surface area contributed by atoms with Crippen LogP contribution in [0.4, 0.5) is 4.79 Å². The number of nitrogens with one attached hydrogen (secondary N) is 2. The Hall–Kier alpha value is -3.88. The molecular formula is C21H24N4O5. The lowest BCUT2D eigenvalue weighted by molar-refractivity contribution is -0.121. The second-order valence-electron chi connectivity index (χ2n) is 6.15. The highest BCUT2D eigenvalue weighted by molar-refractivity contribution is 5.83. The van der Waals surface area contributed by atoms with E-state index in [1.807, 2.05) is 30.3 Å². The molecule has 0 bridgehead atoms. The first-order valence-electron chi connectivity index (χ1n) is 9.29. The third kappa shape index (κ3) is 8.01. The molecule has 1 atom stereocenters. The molecule has 0 fully saturated rings. The van der Waals surface area contributed by atoms with E-state index < -0.39 is 18.0 Å². The van der Waals surface area contributed by atoms with E-state index in [0.29, 0.717) is 11.3 Å². The van der Waals surface area contributed by atoms with Gasteiger partial charge in [0.15, 0.2) is 6.61 Å². The number of benzene rings is 2. The number of amides is 3. The van der Waals surface area contributed by atoms with E-state index in [9.17, 15) is 14.4 Å². The van der Waals surface area contributed by atoms with Crippen molar-refractivity contribution < 1.29 is 23.9 Å². The van der Waals surface area contributed by atoms with Crippen molar-refractivity contribution in [2.45, 2.75) is 19.4 Å². The summed E-state index contributed by atoms with van der Waals surface area (Å²) in [6, 6.07) is 15.3. The highest BCUT2D eigenvalue weighted by Gasteiger charge is 2.18. The Labute approximate surface area is 174 Å². The number of hydrogen-bond acceptors (Lipinski definition) is 6. The molecule has 158 valence electrons. The van der Waals surface area contributed by atoms with Crippen LogP contribution in [0.25, 0.3) is 0 Å². The largest absolute Gasteiger partial charge is 0.484 e. The third-order valence-electron chi connectivity index (χ3n) is 3.82. The highest BCUT2D eigenvalue weighted by atomic mass is 16.5. The van der Waals surface area contributed by atoms with Crippen molar-refractivity contribution in [2.75, 3.05) is 13.2 Å². The van der Waals surface area contributed by atoms with E-state index in [2.05, 4.69) is 15.8 Å². The van der Waals surface area contributed by atoms with Crippen molar-refractivity contribution in [3.05, 3.63) is 65.7 Å². The minimum absolute atomic E-state index is 0.0138. The lowest BCUT2D eigenvalue weighted by Crippen LogP contribution is -2.33. The maximum atomic E-state index is 12.3. The fraction of sp³-hybridized carbons (Fsp3) is 0.238. The fourth-order valence-corrected chi connectivity index (χ4v) is 2.47. The van der Waals surface area contributed by atoms with E-state index >= 15 is 0 Å². The summed E-state index contributed by atoms with van der Waals surface area (Å²) in [6.07, 6.45) is 0.855. The van der Waals surface area contributed by atoms with Crippen LogP contribution in [0.1, 0.15) is 30.5 Å². The lowest BCUT2D eigenvalue weighted by atomic mass is 10.0. The normalized spacial score (nSPS) is 11.5. The summed E-state index contributed by atoms with van der Waals surface area (Å²) >= 11 is 0.